The van der Waals surface area contributed by atoms with Crippen LogP contribution in [0.5, 0.6) is 0 Å². The van der Waals surface area contributed by atoms with Gasteiger partial charge in [-0.2, -0.15) is 0 Å². The number of imidazole rings is 1. The fourth-order valence-corrected chi connectivity index (χ4v) is 20.2. The highest BCUT2D eigenvalue weighted by atomic mass is 32.1. The van der Waals surface area contributed by atoms with Crippen LogP contribution in [0.15, 0.2) is 260 Å². The van der Waals surface area contributed by atoms with E-state index in [1.807, 2.05) is 88.9 Å². The van der Waals surface area contributed by atoms with Crippen LogP contribution in [0.1, 0.15) is 300 Å². The fraction of sp³-hybridized carbons (Fsp3) is 0.397. The Bertz CT molecular complexity index is 6800. The molecule has 10 aromatic carbocycles. The van der Waals surface area contributed by atoms with Crippen molar-refractivity contribution in [2.75, 3.05) is 0 Å². The van der Waals surface area contributed by atoms with E-state index in [0.29, 0.717) is 0 Å². The quantitative estimate of drug-likeness (QED) is 0.147. The molecule has 0 amide bonds. The maximum atomic E-state index is 4.64. The summed E-state index contributed by atoms with van der Waals surface area (Å²) in [6, 6.07) is 70.4. The Balaban J connectivity index is 0.000000147. The van der Waals surface area contributed by atoms with Gasteiger partial charge >= 0.3 is 0 Å². The Morgan fingerprint density at radius 2 is 0.784 bits per heavy atom. The van der Waals surface area contributed by atoms with Crippen LogP contribution >= 0.6 is 68.0 Å². The summed E-state index contributed by atoms with van der Waals surface area (Å²) < 4.78 is 8.65. The van der Waals surface area contributed by atoms with Crippen LogP contribution in [0.25, 0.3) is 62.1 Å². The van der Waals surface area contributed by atoms with Crippen LogP contribution in [-0.4, -0.2) is 63.8 Å². The van der Waals surface area contributed by atoms with Gasteiger partial charge in [0.25, 0.3) is 0 Å². The van der Waals surface area contributed by atoms with Gasteiger partial charge in [0.2, 0.25) is 0 Å². The number of nitrogens with zero attached hydrogens (tertiary/aromatic N) is 12. The molecule has 4 aliphatic rings. The smallest absolute Gasteiger partial charge is 0.0992 e. The summed E-state index contributed by atoms with van der Waals surface area (Å²) in [4.78, 5) is 48.2. The van der Waals surface area contributed by atoms with Crippen LogP contribution in [0.2, 0.25) is 0 Å². The Hall–Kier alpha value is -10.6. The first-order chi connectivity index (χ1) is 64.9. The van der Waals surface area contributed by atoms with E-state index in [4.69, 9.17) is 0 Å². The lowest BCUT2D eigenvalue weighted by Crippen LogP contribution is -2.20. The summed E-state index contributed by atoms with van der Waals surface area (Å²) in [7, 11) is 0. The zero-order valence-corrected chi connectivity index (χ0v) is 93.9. The highest BCUT2D eigenvalue weighted by molar-refractivity contribution is 7.19. The fourth-order valence-electron chi connectivity index (χ4n) is 15.4. The van der Waals surface area contributed by atoms with E-state index < -0.39 is 0 Å². The van der Waals surface area contributed by atoms with E-state index in [0.717, 1.165) is 70.3 Å². The molecule has 0 radical (unpaired) electrons. The maximum Gasteiger partial charge on any atom is 0.0992 e. The second-order valence-corrected chi connectivity index (χ2v) is 52.5. The second kappa shape index (κ2) is 45.1. The molecule has 0 atom stereocenters. The SMILES string of the molecule is CC(C)(C)C1=Nc2ccccc2C1.CC(C)(C)c1ccc2c(c1)CC=N2.CC(C)(C)c1ccc2c(c1)N=CC2.CC(C)(C)c1ccc2ncsc2c1.CC(C)(C)c1ccc2scnc2c1.CC(C)(C)c1cccc2c1N=CC2.CC(C)(C)c1cccc2ncsc12.CC(C)(C)c1cccc2scnc12.CC(C)(C)c1nc2ccccc2s1.CC(C)(C)c1nccs1.CC(C)(C)n1cnc2ccccc21. The van der Waals surface area contributed by atoms with Crippen molar-refractivity contribution < 1.29 is 0 Å². The molecule has 730 valence electrons. The van der Waals surface area contributed by atoms with Gasteiger partial charge in [-0.15, -0.1) is 68.0 Å². The number of para-hydroxylation sites is 6. The normalized spacial score (nSPS) is 13.2. The third kappa shape index (κ3) is 30.5. The van der Waals surface area contributed by atoms with Crippen molar-refractivity contribution in [3.8, 4) is 0 Å². The van der Waals surface area contributed by atoms with Gasteiger partial charge < -0.3 is 4.57 Å². The monoisotopic (exact) mass is 1960 g/mol. The largest absolute Gasteiger partial charge is 0.325 e. The molecular weight excluding hydrogens is 1810 g/mol. The maximum absolute atomic E-state index is 4.64. The molecule has 0 spiro atoms. The van der Waals surface area contributed by atoms with Gasteiger partial charge in [0.05, 0.1) is 123 Å². The van der Waals surface area contributed by atoms with E-state index >= 15 is 0 Å². The van der Waals surface area contributed by atoms with E-state index in [1.54, 1.807) is 68.0 Å². The molecular formula is C121H150N12S6. The molecule has 0 saturated carbocycles. The van der Waals surface area contributed by atoms with Gasteiger partial charge in [-0.25, -0.2) is 34.9 Å². The lowest BCUT2D eigenvalue weighted by atomic mass is 9.85. The number of benzene rings is 10. The second-order valence-electron chi connectivity index (χ2n) is 47.1. The van der Waals surface area contributed by atoms with E-state index in [9.17, 15) is 0 Å². The summed E-state index contributed by atoms with van der Waals surface area (Å²) in [5.74, 6) is 0. The molecule has 0 aliphatic carbocycles. The predicted octanol–water partition coefficient (Wildman–Crippen LogP) is 36.3. The first-order valence-electron chi connectivity index (χ1n) is 48.5. The van der Waals surface area contributed by atoms with Crippen molar-refractivity contribution >= 4 is 177 Å². The molecule has 0 N–H and O–H groups in total. The summed E-state index contributed by atoms with van der Waals surface area (Å²) in [5, 5.41) is 4.44. The van der Waals surface area contributed by atoms with Crippen molar-refractivity contribution in [2.24, 2.45) is 25.4 Å². The van der Waals surface area contributed by atoms with Gasteiger partial charge in [-0.3, -0.25) is 20.0 Å². The molecule has 0 unspecified atom stereocenters. The van der Waals surface area contributed by atoms with Crippen LogP contribution < -0.4 is 0 Å². The minimum absolute atomic E-state index is 0.107. The zero-order valence-electron chi connectivity index (χ0n) is 89.0. The predicted molar refractivity (Wildman–Crippen MR) is 615 cm³/mol. The van der Waals surface area contributed by atoms with Gasteiger partial charge in [-0.1, -0.05) is 329 Å². The number of aromatic nitrogens is 8. The minimum Gasteiger partial charge on any atom is -0.325 e. The van der Waals surface area contributed by atoms with Crippen molar-refractivity contribution in [3.63, 3.8) is 0 Å². The van der Waals surface area contributed by atoms with Crippen LogP contribution in [0.4, 0.5) is 22.7 Å². The highest BCUT2D eigenvalue weighted by Crippen LogP contribution is 2.41. The standard InChI is InChI=1S/4C12H15N.C11H14N2.5C11H13NS.C7H11NS/c1-12(2,3)10-4-5-11-9(8-10)6-7-13-11;1-12(2,3)10-5-4-9-6-7-13-11(9)8-10;1-12(2,3)10-6-4-5-9-7-8-13-11(9)10;1-12(2,3)11-8-9-6-4-5-7-10(9)13-11;1-11(2,3)13-8-12-9-6-4-5-7-10(9)13;1-11(2,3)8-4-5-10-9(6-8)12-7-13-10;1-11(2,3)8-4-5-9-10(6-8)13-7-12-9;1-11(2,3)8-5-4-6-9-10(8)12-7-13-9;1-11(2,3)8-5-4-6-9-10(8)13-7-12-9;1-11(2,3)10-12-8-6-4-5-7-9(8)13-10;1-7(2,3)6-8-4-5-9-6/h2*4-5,7-8H,6H2,1-3H3;4-6,8H,7H2,1-3H3;4-7H,8H2,1-3H3;4-8H,1-3H3;5*4-7H,1-3H3;4-5H,1-3H3. The molecule has 12 nitrogen and oxygen atoms in total. The van der Waals surface area contributed by atoms with Crippen molar-refractivity contribution in [3.05, 3.63) is 311 Å². The zero-order chi connectivity index (χ0) is 102. The molecule has 4 aliphatic heterocycles. The van der Waals surface area contributed by atoms with Crippen molar-refractivity contribution in [1.82, 2.24) is 39.5 Å². The molecule has 7 aromatic heterocycles. The van der Waals surface area contributed by atoms with Crippen LogP contribution in [0, 0.1) is 5.41 Å². The summed E-state index contributed by atoms with van der Waals surface area (Å²) >= 11 is 10.4. The molecule has 18 heteroatoms. The average Bonchev–Trinajstić information content (AvgIpc) is 1.61. The van der Waals surface area contributed by atoms with Gasteiger partial charge in [0.15, 0.2) is 0 Å². The molecule has 0 fully saturated rings. The lowest BCUT2D eigenvalue weighted by Gasteiger charge is -2.21. The Kier molecular flexibility index (Phi) is 35.3. The number of aliphatic imine (C=N–C) groups is 4. The topological polar surface area (TPSA) is 145 Å². The minimum atomic E-state index is 0.107. The number of rotatable bonds is 0. The average molecular weight is 1970 g/mol. The van der Waals surface area contributed by atoms with Crippen molar-refractivity contribution in [1.29, 1.82) is 0 Å². The van der Waals surface area contributed by atoms with E-state index in [1.165, 1.54) is 117 Å². The number of fused-ring (bicyclic) bond motifs is 10. The molecule has 0 saturated heterocycles. The first-order valence-corrected chi connectivity index (χ1v) is 53.8. The first kappa shape index (κ1) is 109. The molecule has 17 aromatic rings. The van der Waals surface area contributed by atoms with Crippen molar-refractivity contribution in [2.45, 2.75) is 308 Å². The van der Waals surface area contributed by atoms with E-state index in [2.05, 4.69) is 458 Å². The molecule has 0 bridgehead atoms. The lowest BCUT2D eigenvalue weighted by molar-refractivity contribution is 0.408. The van der Waals surface area contributed by atoms with Gasteiger partial charge in [0, 0.05) is 83.4 Å². The van der Waals surface area contributed by atoms with Crippen LogP contribution in [-0.2, 0) is 80.0 Å². The summed E-state index contributed by atoms with van der Waals surface area (Å²) in [5.41, 5.74) is 38.8. The third-order valence-electron chi connectivity index (χ3n) is 23.8. The number of hydrogen-bond acceptors (Lipinski definition) is 17. The molecule has 21 rings (SSSR count). The van der Waals surface area contributed by atoms with E-state index in [-0.39, 0.29) is 59.7 Å². The van der Waals surface area contributed by atoms with Crippen LogP contribution in [0.3, 0.4) is 0 Å². The Morgan fingerprint density at radius 1 is 0.288 bits per heavy atom. The summed E-state index contributed by atoms with van der Waals surface area (Å²) in [6.07, 6.45) is 13.8. The van der Waals surface area contributed by atoms with Gasteiger partial charge in [-0.05, 0) is 199 Å². The number of hydrogen-bond donors (Lipinski definition) is 0. The Morgan fingerprint density at radius 3 is 1.41 bits per heavy atom. The Labute approximate surface area is 854 Å². The third-order valence-corrected chi connectivity index (χ3v) is 29.8. The summed E-state index contributed by atoms with van der Waals surface area (Å²) in [6.45, 7) is 73.2. The molecule has 139 heavy (non-hydrogen) atoms. The van der Waals surface area contributed by atoms with Gasteiger partial charge in [0.1, 0.15) is 0 Å². The highest BCUT2D eigenvalue weighted by Gasteiger charge is 2.28. The molecule has 11 heterocycles. The number of thiazole rings is 6.